The van der Waals surface area contributed by atoms with Crippen LogP contribution in [0.4, 0.5) is 5.13 Å². The average Bonchev–Trinajstić information content (AvgIpc) is 2.65. The molecule has 0 aliphatic carbocycles. The van der Waals surface area contributed by atoms with E-state index in [0.29, 0.717) is 0 Å². The van der Waals surface area contributed by atoms with Crippen molar-refractivity contribution in [3.8, 4) is 0 Å². The molecule has 0 aromatic carbocycles. The number of nitrogens with one attached hydrogen (secondary N) is 1. The maximum Gasteiger partial charge on any atom is 0.185 e. The van der Waals surface area contributed by atoms with Gasteiger partial charge in [0.25, 0.3) is 0 Å². The predicted octanol–water partition coefficient (Wildman–Crippen LogP) is 2.88. The monoisotopic (exact) mass is 241 g/mol. The van der Waals surface area contributed by atoms with E-state index in [-0.39, 0.29) is 5.54 Å². The minimum atomic E-state index is 0.152. The molecule has 1 heterocycles. The van der Waals surface area contributed by atoms with Crippen LogP contribution >= 0.6 is 11.3 Å². The van der Waals surface area contributed by atoms with E-state index in [0.717, 1.165) is 30.5 Å². The zero-order chi connectivity index (χ0) is 12.2. The first-order valence-corrected chi connectivity index (χ1v) is 6.78. The molecular formula is C12H23N3S. The number of hydrogen-bond acceptors (Lipinski definition) is 4. The molecule has 3 nitrogen and oxygen atoms in total. The van der Waals surface area contributed by atoms with Crippen molar-refractivity contribution in [3.63, 3.8) is 0 Å². The highest BCUT2D eigenvalue weighted by Gasteiger charge is 2.11. The van der Waals surface area contributed by atoms with Crippen LogP contribution in [0.25, 0.3) is 0 Å². The van der Waals surface area contributed by atoms with Gasteiger partial charge in [-0.05, 0) is 34.6 Å². The van der Waals surface area contributed by atoms with E-state index in [9.17, 15) is 0 Å². The number of rotatable bonds is 5. The molecule has 1 N–H and O–H groups in total. The van der Waals surface area contributed by atoms with Crippen molar-refractivity contribution in [2.75, 3.05) is 18.0 Å². The summed E-state index contributed by atoms with van der Waals surface area (Å²) in [4.78, 5) is 6.92. The molecule has 0 fully saturated rings. The van der Waals surface area contributed by atoms with Gasteiger partial charge in [-0.3, -0.25) is 0 Å². The molecule has 0 saturated heterocycles. The van der Waals surface area contributed by atoms with E-state index < -0.39 is 0 Å². The zero-order valence-corrected chi connectivity index (χ0v) is 11.8. The molecule has 0 amide bonds. The second-order valence-electron chi connectivity index (χ2n) is 4.90. The Morgan fingerprint density at radius 1 is 1.31 bits per heavy atom. The van der Waals surface area contributed by atoms with E-state index in [1.807, 2.05) is 0 Å². The highest BCUT2D eigenvalue weighted by atomic mass is 32.1. The lowest BCUT2D eigenvalue weighted by Crippen LogP contribution is -2.35. The van der Waals surface area contributed by atoms with Crippen LogP contribution in [0.5, 0.6) is 0 Å². The van der Waals surface area contributed by atoms with Gasteiger partial charge in [-0.25, -0.2) is 4.98 Å². The molecule has 0 aliphatic heterocycles. The molecule has 1 rings (SSSR count). The van der Waals surface area contributed by atoms with Gasteiger partial charge >= 0.3 is 0 Å². The van der Waals surface area contributed by atoms with Crippen LogP contribution in [0, 0.1) is 0 Å². The van der Waals surface area contributed by atoms with E-state index in [1.54, 1.807) is 11.3 Å². The summed E-state index contributed by atoms with van der Waals surface area (Å²) in [5.41, 5.74) is 1.29. The third kappa shape index (κ3) is 4.10. The second-order valence-corrected chi connectivity index (χ2v) is 5.73. The fourth-order valence-electron chi connectivity index (χ4n) is 1.37. The normalized spacial score (nSPS) is 11.8. The van der Waals surface area contributed by atoms with Gasteiger partial charge in [0.05, 0.1) is 5.69 Å². The van der Waals surface area contributed by atoms with Gasteiger partial charge in [0.1, 0.15) is 0 Å². The maximum atomic E-state index is 4.64. The van der Waals surface area contributed by atoms with E-state index in [1.165, 1.54) is 0 Å². The summed E-state index contributed by atoms with van der Waals surface area (Å²) in [6, 6.07) is 0. The minimum Gasteiger partial charge on any atom is -0.349 e. The van der Waals surface area contributed by atoms with Crippen molar-refractivity contribution in [2.45, 2.75) is 46.7 Å². The summed E-state index contributed by atoms with van der Waals surface area (Å²) in [5, 5.41) is 6.73. The largest absolute Gasteiger partial charge is 0.349 e. The Bertz CT molecular complexity index is 310. The highest BCUT2D eigenvalue weighted by molar-refractivity contribution is 7.13. The van der Waals surface area contributed by atoms with Crippen LogP contribution in [-0.4, -0.2) is 23.6 Å². The summed E-state index contributed by atoms with van der Waals surface area (Å²) < 4.78 is 0. The second kappa shape index (κ2) is 5.64. The Morgan fingerprint density at radius 3 is 2.44 bits per heavy atom. The van der Waals surface area contributed by atoms with Crippen molar-refractivity contribution in [2.24, 2.45) is 0 Å². The lowest BCUT2D eigenvalue weighted by molar-refractivity contribution is 0.422. The van der Waals surface area contributed by atoms with Crippen LogP contribution in [0.2, 0.25) is 0 Å². The van der Waals surface area contributed by atoms with Crippen LogP contribution in [0.15, 0.2) is 5.38 Å². The average molecular weight is 241 g/mol. The standard InChI is InChI=1S/C12H23N3S/c1-6-15(7-2)11-14-10(9-16-11)8-13-12(3,4)5/h9,13H,6-8H2,1-5H3. The molecule has 0 atom stereocenters. The zero-order valence-electron chi connectivity index (χ0n) is 11.0. The van der Waals surface area contributed by atoms with Crippen molar-refractivity contribution in [1.29, 1.82) is 0 Å². The highest BCUT2D eigenvalue weighted by Crippen LogP contribution is 2.20. The number of anilines is 1. The van der Waals surface area contributed by atoms with Gasteiger partial charge in [0, 0.05) is 30.6 Å². The molecule has 16 heavy (non-hydrogen) atoms. The Labute approximate surface area is 103 Å². The van der Waals surface area contributed by atoms with Crippen LogP contribution in [0.3, 0.4) is 0 Å². The van der Waals surface area contributed by atoms with Gasteiger partial charge in [-0.2, -0.15) is 0 Å². The van der Waals surface area contributed by atoms with Crippen molar-refractivity contribution in [3.05, 3.63) is 11.1 Å². The summed E-state index contributed by atoms with van der Waals surface area (Å²) >= 11 is 1.73. The Balaban J connectivity index is 2.58. The topological polar surface area (TPSA) is 28.2 Å². The third-order valence-electron chi connectivity index (χ3n) is 2.37. The Kier molecular flexibility index (Phi) is 4.74. The fourth-order valence-corrected chi connectivity index (χ4v) is 2.33. The van der Waals surface area contributed by atoms with Gasteiger partial charge in [0.15, 0.2) is 5.13 Å². The van der Waals surface area contributed by atoms with Gasteiger partial charge < -0.3 is 10.2 Å². The van der Waals surface area contributed by atoms with Gasteiger partial charge in [-0.15, -0.1) is 11.3 Å². The minimum absolute atomic E-state index is 0.152. The summed E-state index contributed by atoms with van der Waals surface area (Å²) in [5.74, 6) is 0. The molecule has 1 aromatic heterocycles. The SMILES string of the molecule is CCN(CC)c1nc(CNC(C)(C)C)cs1. The van der Waals surface area contributed by atoms with Crippen LogP contribution < -0.4 is 10.2 Å². The summed E-state index contributed by atoms with van der Waals surface area (Å²) in [6.07, 6.45) is 0. The molecule has 0 unspecified atom stereocenters. The van der Waals surface area contributed by atoms with E-state index >= 15 is 0 Å². The third-order valence-corrected chi connectivity index (χ3v) is 3.32. The van der Waals surface area contributed by atoms with Crippen molar-refractivity contribution < 1.29 is 0 Å². The fraction of sp³-hybridized carbons (Fsp3) is 0.750. The number of hydrogen-bond donors (Lipinski definition) is 1. The number of thiazole rings is 1. The molecule has 0 bridgehead atoms. The summed E-state index contributed by atoms with van der Waals surface area (Å²) in [7, 11) is 0. The quantitative estimate of drug-likeness (QED) is 0.859. The van der Waals surface area contributed by atoms with Crippen LogP contribution in [0.1, 0.15) is 40.3 Å². The van der Waals surface area contributed by atoms with Crippen molar-refractivity contribution in [1.82, 2.24) is 10.3 Å². The first-order chi connectivity index (χ1) is 7.46. The van der Waals surface area contributed by atoms with E-state index in [4.69, 9.17) is 0 Å². The van der Waals surface area contributed by atoms with Crippen LogP contribution in [-0.2, 0) is 6.54 Å². The first-order valence-electron chi connectivity index (χ1n) is 5.90. The number of nitrogens with zero attached hydrogens (tertiary/aromatic N) is 2. The maximum absolute atomic E-state index is 4.64. The molecule has 0 saturated carbocycles. The smallest absolute Gasteiger partial charge is 0.185 e. The molecule has 4 heteroatoms. The van der Waals surface area contributed by atoms with Gasteiger partial charge in [0.2, 0.25) is 0 Å². The Morgan fingerprint density at radius 2 is 1.94 bits per heavy atom. The first kappa shape index (κ1) is 13.5. The molecule has 0 spiro atoms. The molecule has 0 aliphatic rings. The molecule has 1 aromatic rings. The lowest BCUT2D eigenvalue weighted by atomic mass is 10.1. The van der Waals surface area contributed by atoms with Gasteiger partial charge in [-0.1, -0.05) is 0 Å². The molecular weight excluding hydrogens is 218 g/mol. The van der Waals surface area contributed by atoms with E-state index in [2.05, 4.69) is 55.2 Å². The number of aromatic nitrogens is 1. The Hall–Kier alpha value is -0.610. The molecule has 0 radical (unpaired) electrons. The predicted molar refractivity (Wildman–Crippen MR) is 72.3 cm³/mol. The van der Waals surface area contributed by atoms with Crippen molar-refractivity contribution >= 4 is 16.5 Å². The lowest BCUT2D eigenvalue weighted by Gasteiger charge is -2.19. The summed E-state index contributed by atoms with van der Waals surface area (Å²) in [6.45, 7) is 13.7. The molecule has 92 valence electrons.